The standard InChI is InChI=1S/C73H114F8N12O12/c1-13-43(4)60-68(103)87(8)41-58(96)88(9)52-23-16-19-33-93(67(52)102)55(38-44-25-28-47(29-26-44)72(76,77)78)66(101)86(7)40-56(94)82-50(30-27-45-36-48(74)59(49(75)37-45)73(79,80)81)64(99)92-34-20-24-51(92)63(98)84-71(31-17-18-32-71)70(105)91(12)61(46-21-14-15-22-46)69(104)90(11)54(65(100)85(5)6)39-57(95)89(10)53(35-42(2)3)62(97)83-60/h42-55,59-61H,13-41H2,1-12H3,(H,82,94)(H,83,97)(H,84,98)/t43-,44?,45?,47?,48?,49?,50-,51-,52-,53-,54-,55-,59?,60-,61-/m0/s1. The summed E-state index contributed by atoms with van der Waals surface area (Å²) in [6, 6.07) is -10.9. The van der Waals surface area contributed by atoms with Crippen LogP contribution >= 0.6 is 0 Å². The maximum Gasteiger partial charge on any atom is 0.397 e. The predicted molar refractivity (Wildman–Crippen MR) is 370 cm³/mol. The molecule has 2 bridgehead atoms. The molecule has 2 unspecified atom stereocenters. The van der Waals surface area contributed by atoms with Crippen molar-refractivity contribution in [2.45, 2.75) is 267 Å². The molecular formula is C73H114F8N12O12. The molecule has 32 heteroatoms. The molecule has 3 saturated heterocycles. The van der Waals surface area contributed by atoms with Gasteiger partial charge in [0.2, 0.25) is 70.9 Å². The quantitative estimate of drug-likeness (QED) is 0.186. The summed E-state index contributed by atoms with van der Waals surface area (Å²) in [5, 5.41) is 8.47. The fourth-order valence-corrected chi connectivity index (χ4v) is 17.2. The van der Waals surface area contributed by atoms with E-state index < -0.39 is 224 Å². The van der Waals surface area contributed by atoms with Crippen molar-refractivity contribution in [3.8, 4) is 0 Å². The zero-order chi connectivity index (χ0) is 78.1. The predicted octanol–water partition coefficient (Wildman–Crippen LogP) is 6.56. The van der Waals surface area contributed by atoms with E-state index in [2.05, 4.69) is 16.0 Å². The number of nitrogens with zero attached hydrogens (tertiary/aromatic N) is 9. The molecular weight excluding hydrogens is 1390 g/mol. The number of hydrogen-bond donors (Lipinski definition) is 3. The van der Waals surface area contributed by atoms with Crippen molar-refractivity contribution in [1.82, 2.24) is 60.0 Å². The summed E-state index contributed by atoms with van der Waals surface area (Å²) in [6.07, 6.45) is -13.7. The van der Waals surface area contributed by atoms with Crippen LogP contribution in [0.1, 0.15) is 188 Å². The first-order chi connectivity index (χ1) is 49.1. The van der Waals surface area contributed by atoms with Crippen molar-refractivity contribution in [1.29, 1.82) is 0 Å². The maximum atomic E-state index is 15.6. The van der Waals surface area contributed by atoms with Gasteiger partial charge in [0.25, 0.3) is 0 Å². The van der Waals surface area contributed by atoms with Crippen LogP contribution in [-0.4, -0.2) is 276 Å². The molecule has 7 fully saturated rings. The Morgan fingerprint density at radius 2 is 1.15 bits per heavy atom. The van der Waals surface area contributed by atoms with E-state index in [1.807, 2.05) is 13.8 Å². The molecule has 105 heavy (non-hydrogen) atoms. The molecule has 0 radical (unpaired) electrons. The van der Waals surface area contributed by atoms with E-state index in [1.165, 1.54) is 80.9 Å². The summed E-state index contributed by atoms with van der Waals surface area (Å²) in [5.41, 5.74) is -1.66. The molecule has 24 nitrogen and oxygen atoms in total. The van der Waals surface area contributed by atoms with Crippen molar-refractivity contribution < 1.29 is 92.7 Å². The molecule has 12 amide bonds. The minimum atomic E-state index is -5.20. The molecule has 0 aromatic heterocycles. The largest absolute Gasteiger partial charge is 0.397 e. The molecule has 1 spiro atoms. The Balaban J connectivity index is 1.30. The number of nitrogens with one attached hydrogen (secondary N) is 3. The van der Waals surface area contributed by atoms with Crippen molar-refractivity contribution in [2.24, 2.45) is 41.4 Å². The Bertz CT molecular complexity index is 3100. The second-order valence-electron chi connectivity index (χ2n) is 31.9. The van der Waals surface area contributed by atoms with Gasteiger partial charge >= 0.3 is 12.4 Å². The van der Waals surface area contributed by atoms with Gasteiger partial charge in [-0.3, -0.25) is 57.5 Å². The number of hydrogen-bond acceptors (Lipinski definition) is 12. The third-order valence-corrected chi connectivity index (χ3v) is 23.8. The fraction of sp³-hybridized carbons (Fsp3) is 0.836. The lowest BCUT2D eigenvalue weighted by atomic mass is 9.76. The van der Waals surface area contributed by atoms with Gasteiger partial charge in [0, 0.05) is 69.5 Å². The average Bonchev–Trinajstić information content (AvgIpc) is 1.25. The van der Waals surface area contributed by atoms with E-state index >= 15 is 37.5 Å². The maximum absolute atomic E-state index is 15.6. The minimum Gasteiger partial charge on any atom is -0.347 e. The third kappa shape index (κ3) is 20.7. The SMILES string of the molecule is CC[C@H](C)[C@@H]1NC(=O)[C@H](CC(C)C)N(C)C(=O)C[C@@H](C(=O)N(C)C)N(C)C(=O)[C@H](C2CCCC2)N(C)C(=O)C2(CCCC2)NC(=O)[C@@H]2CCCN2C(=O)[C@H](CCC2CC(F)C(C(F)(F)F)C(F)C2)NC(=O)CN(C)C(=O)[C@H](CC2CCC(C(F)(F)F)CC2)N2CCCC[C@@H](C2=O)N(C)C(=O)CN(C)C1=O. The van der Waals surface area contributed by atoms with E-state index in [1.54, 1.807) is 13.8 Å². The van der Waals surface area contributed by atoms with Gasteiger partial charge in [-0.25, -0.2) is 8.78 Å². The number of amides is 12. The molecule has 3 N–H and O–H groups in total. The lowest BCUT2D eigenvalue weighted by molar-refractivity contribution is -0.219. The van der Waals surface area contributed by atoms with Crippen molar-refractivity contribution >= 4 is 70.9 Å². The van der Waals surface area contributed by atoms with Crippen molar-refractivity contribution in [3.05, 3.63) is 0 Å². The monoisotopic (exact) mass is 1500 g/mol. The zero-order valence-electron chi connectivity index (χ0n) is 63.3. The van der Waals surface area contributed by atoms with Crippen LogP contribution in [0.2, 0.25) is 0 Å². The number of halogens is 8. The Kier molecular flexibility index (Phi) is 29.5. The summed E-state index contributed by atoms with van der Waals surface area (Å²) in [5.74, 6) is -16.5. The Morgan fingerprint density at radius 3 is 1.72 bits per heavy atom. The highest BCUT2D eigenvalue weighted by molar-refractivity contribution is 6.01. The van der Waals surface area contributed by atoms with E-state index in [0.717, 1.165) is 19.6 Å². The topological polar surface area (TPSA) is 270 Å². The molecule has 594 valence electrons. The van der Waals surface area contributed by atoms with Crippen LogP contribution in [0.3, 0.4) is 0 Å². The lowest BCUT2D eigenvalue weighted by Gasteiger charge is -2.42. The van der Waals surface area contributed by atoms with Crippen LogP contribution in [0.5, 0.6) is 0 Å². The second-order valence-corrected chi connectivity index (χ2v) is 31.9. The molecule has 4 aliphatic carbocycles. The van der Waals surface area contributed by atoms with E-state index in [4.69, 9.17) is 0 Å². The summed E-state index contributed by atoms with van der Waals surface area (Å²) < 4.78 is 115. The molecule has 11 atom stereocenters. The summed E-state index contributed by atoms with van der Waals surface area (Å²) in [4.78, 5) is 191. The summed E-state index contributed by atoms with van der Waals surface area (Å²) in [7, 11) is 11.0. The fourth-order valence-electron chi connectivity index (χ4n) is 17.2. The molecule has 7 aliphatic rings. The normalized spacial score (nSPS) is 31.7. The number of carbonyl (C=O) groups excluding carboxylic acids is 12. The zero-order valence-corrected chi connectivity index (χ0v) is 63.3. The summed E-state index contributed by atoms with van der Waals surface area (Å²) in [6.45, 7) is 5.52. The van der Waals surface area contributed by atoms with Gasteiger partial charge in [-0.2, -0.15) is 26.3 Å². The van der Waals surface area contributed by atoms with Crippen LogP contribution in [0.15, 0.2) is 0 Å². The van der Waals surface area contributed by atoms with E-state index in [0.29, 0.717) is 51.4 Å². The molecule has 3 aliphatic heterocycles. The smallest absolute Gasteiger partial charge is 0.347 e. The van der Waals surface area contributed by atoms with Crippen LogP contribution in [-0.2, 0) is 57.5 Å². The number of carbonyl (C=O) groups is 12. The first-order valence-electron chi connectivity index (χ1n) is 37.8. The Morgan fingerprint density at radius 1 is 0.571 bits per heavy atom. The molecule has 7 rings (SSSR count). The molecule has 4 saturated carbocycles. The number of rotatable bonds is 11. The van der Waals surface area contributed by atoms with Crippen LogP contribution in [0, 0.1) is 41.4 Å². The highest BCUT2D eigenvalue weighted by Crippen LogP contribution is 2.46. The van der Waals surface area contributed by atoms with E-state index in [9.17, 15) is 55.1 Å². The summed E-state index contributed by atoms with van der Waals surface area (Å²) >= 11 is 0. The first-order valence-corrected chi connectivity index (χ1v) is 37.8. The van der Waals surface area contributed by atoms with Gasteiger partial charge in [-0.05, 0) is 152 Å². The third-order valence-electron chi connectivity index (χ3n) is 23.8. The van der Waals surface area contributed by atoms with Gasteiger partial charge in [0.05, 0.1) is 25.4 Å². The first kappa shape index (κ1) is 85.3. The van der Waals surface area contributed by atoms with Crippen LogP contribution in [0.4, 0.5) is 35.1 Å². The van der Waals surface area contributed by atoms with E-state index in [-0.39, 0.29) is 102 Å². The van der Waals surface area contributed by atoms with Gasteiger partial charge < -0.3 is 60.0 Å². The average molecular weight is 1500 g/mol. The number of likely N-dealkylation sites (N-methyl/N-ethyl adjacent to an activating group) is 7. The number of fused-ring (bicyclic) bond motifs is 3. The van der Waals surface area contributed by atoms with Gasteiger partial charge in [0.15, 0.2) is 0 Å². The second kappa shape index (κ2) is 36.3. The number of alkyl halides is 8. The molecule has 0 aromatic carbocycles. The van der Waals surface area contributed by atoms with Crippen LogP contribution < -0.4 is 16.0 Å². The van der Waals surface area contributed by atoms with Gasteiger partial charge in [0.1, 0.15) is 72.1 Å². The van der Waals surface area contributed by atoms with Gasteiger partial charge in [-0.1, -0.05) is 59.8 Å². The minimum absolute atomic E-state index is 0.0187. The highest BCUT2D eigenvalue weighted by Gasteiger charge is 2.55. The highest BCUT2D eigenvalue weighted by atomic mass is 19.4. The Hall–Kier alpha value is -6.92. The Labute approximate surface area is 612 Å². The van der Waals surface area contributed by atoms with Crippen LogP contribution in [0.25, 0.3) is 0 Å². The lowest BCUT2D eigenvalue weighted by Crippen LogP contribution is -2.65. The van der Waals surface area contributed by atoms with Crippen molar-refractivity contribution in [3.63, 3.8) is 0 Å². The molecule has 0 aromatic rings. The van der Waals surface area contributed by atoms with Crippen molar-refractivity contribution in [2.75, 3.05) is 82.6 Å². The molecule has 3 heterocycles. The van der Waals surface area contributed by atoms with Gasteiger partial charge in [-0.15, -0.1) is 0 Å².